The molecular formula is C19H20O6. The number of rotatable bonds is 8. The second kappa shape index (κ2) is 8.63. The topological polar surface area (TPSA) is 63.2 Å². The Balaban J connectivity index is 2.35. The third-order valence-corrected chi connectivity index (χ3v) is 3.52. The summed E-state index contributed by atoms with van der Waals surface area (Å²) >= 11 is 0. The van der Waals surface area contributed by atoms with Crippen molar-refractivity contribution in [1.82, 2.24) is 0 Å². The number of hydrogen-bond donors (Lipinski definition) is 0. The Morgan fingerprint density at radius 1 is 0.680 bits per heavy atom. The molecule has 0 unspecified atom stereocenters. The molecule has 2 rings (SSSR count). The zero-order valence-corrected chi connectivity index (χ0v) is 14.6. The zero-order chi connectivity index (χ0) is 18.2. The third kappa shape index (κ3) is 4.23. The molecule has 0 spiro atoms. The van der Waals surface area contributed by atoms with Gasteiger partial charge < -0.3 is 23.7 Å². The van der Waals surface area contributed by atoms with E-state index in [2.05, 4.69) is 0 Å². The largest absolute Gasteiger partial charge is 0.493 e. The van der Waals surface area contributed by atoms with E-state index in [4.69, 9.17) is 23.7 Å². The van der Waals surface area contributed by atoms with Crippen molar-refractivity contribution in [1.29, 1.82) is 0 Å². The van der Waals surface area contributed by atoms with Crippen molar-refractivity contribution in [2.45, 2.75) is 0 Å². The number of methoxy groups -OCH3 is 4. The molecule has 6 nitrogen and oxygen atoms in total. The normalized spacial score (nSPS) is 10.4. The average molecular weight is 344 g/mol. The van der Waals surface area contributed by atoms with Crippen LogP contribution in [0.15, 0.2) is 30.3 Å². The van der Waals surface area contributed by atoms with Crippen LogP contribution in [0.4, 0.5) is 0 Å². The highest BCUT2D eigenvalue weighted by Crippen LogP contribution is 2.38. The number of ether oxygens (including phenoxy) is 5. The lowest BCUT2D eigenvalue weighted by atomic mass is 10.1. The number of hydrogen-bond acceptors (Lipinski definition) is 6. The quantitative estimate of drug-likeness (QED) is 0.540. The van der Waals surface area contributed by atoms with Gasteiger partial charge in [-0.05, 0) is 35.4 Å². The summed E-state index contributed by atoms with van der Waals surface area (Å²) in [6.45, 7) is 0.366. The lowest BCUT2D eigenvalue weighted by Gasteiger charge is -2.12. The van der Waals surface area contributed by atoms with Gasteiger partial charge >= 0.3 is 0 Å². The van der Waals surface area contributed by atoms with Crippen molar-refractivity contribution in [3.8, 4) is 28.7 Å². The Labute approximate surface area is 146 Å². The molecule has 25 heavy (non-hydrogen) atoms. The standard InChI is InChI=1S/C19H20O6/c1-21-15-8-7-13(9-16(15)25-12-20)5-6-14-10-17(22-2)19(24-4)18(11-14)23-3/h5-12H,1-4H3/b6-5-. The molecule has 0 N–H and O–H groups in total. The molecule has 0 fully saturated rings. The van der Waals surface area contributed by atoms with Gasteiger partial charge in [0.25, 0.3) is 6.47 Å². The van der Waals surface area contributed by atoms with Crippen LogP contribution in [0, 0.1) is 0 Å². The zero-order valence-electron chi connectivity index (χ0n) is 14.6. The Kier molecular flexibility index (Phi) is 6.28. The Morgan fingerprint density at radius 2 is 1.24 bits per heavy atom. The second-order valence-electron chi connectivity index (χ2n) is 4.92. The van der Waals surface area contributed by atoms with Crippen LogP contribution in [0.2, 0.25) is 0 Å². The second-order valence-corrected chi connectivity index (χ2v) is 4.92. The summed E-state index contributed by atoms with van der Waals surface area (Å²) in [5.41, 5.74) is 1.70. The number of carbonyl (C=O) groups excluding carboxylic acids is 1. The minimum atomic E-state index is 0.351. The number of benzene rings is 2. The van der Waals surface area contributed by atoms with Gasteiger partial charge in [0.05, 0.1) is 28.4 Å². The maximum atomic E-state index is 10.6. The number of carbonyl (C=O) groups is 1. The van der Waals surface area contributed by atoms with Crippen molar-refractivity contribution in [2.75, 3.05) is 28.4 Å². The summed E-state index contributed by atoms with van der Waals surface area (Å²) in [6, 6.07) is 8.97. The first-order valence-electron chi connectivity index (χ1n) is 7.43. The summed E-state index contributed by atoms with van der Waals surface area (Å²) in [7, 11) is 6.20. The van der Waals surface area contributed by atoms with Gasteiger partial charge in [-0.15, -0.1) is 0 Å². The summed E-state index contributed by atoms with van der Waals surface area (Å²) in [5.74, 6) is 2.51. The summed E-state index contributed by atoms with van der Waals surface area (Å²) in [4.78, 5) is 10.6. The molecule has 0 bridgehead atoms. The lowest BCUT2D eigenvalue weighted by Crippen LogP contribution is -1.95. The molecule has 0 saturated heterocycles. The van der Waals surface area contributed by atoms with Gasteiger partial charge in [-0.25, -0.2) is 0 Å². The fraction of sp³-hybridized carbons (Fsp3) is 0.211. The maximum Gasteiger partial charge on any atom is 0.298 e. The first kappa shape index (κ1) is 18.2. The van der Waals surface area contributed by atoms with E-state index in [1.807, 2.05) is 30.4 Å². The van der Waals surface area contributed by atoms with Gasteiger partial charge in [0, 0.05) is 0 Å². The molecular weight excluding hydrogens is 324 g/mol. The van der Waals surface area contributed by atoms with Crippen molar-refractivity contribution >= 4 is 18.6 Å². The van der Waals surface area contributed by atoms with Gasteiger partial charge in [-0.2, -0.15) is 0 Å². The summed E-state index contributed by atoms with van der Waals surface area (Å²) in [5, 5.41) is 0. The molecule has 0 aromatic heterocycles. The summed E-state index contributed by atoms with van der Waals surface area (Å²) in [6.07, 6.45) is 3.76. The van der Waals surface area contributed by atoms with Crippen molar-refractivity contribution in [2.24, 2.45) is 0 Å². The Morgan fingerprint density at radius 3 is 1.76 bits per heavy atom. The van der Waals surface area contributed by atoms with Gasteiger partial charge in [0.1, 0.15) is 0 Å². The van der Waals surface area contributed by atoms with E-state index < -0.39 is 0 Å². The van der Waals surface area contributed by atoms with Crippen LogP contribution in [0.1, 0.15) is 11.1 Å². The SMILES string of the molecule is COc1ccc(/C=C\c2cc(OC)c(OC)c(OC)c2)cc1OC=O. The van der Waals surface area contributed by atoms with Crippen LogP contribution < -0.4 is 23.7 Å². The fourth-order valence-corrected chi connectivity index (χ4v) is 2.33. The van der Waals surface area contributed by atoms with E-state index in [9.17, 15) is 4.79 Å². The highest BCUT2D eigenvalue weighted by Gasteiger charge is 2.12. The van der Waals surface area contributed by atoms with Crippen LogP contribution in [-0.4, -0.2) is 34.9 Å². The summed E-state index contributed by atoms with van der Waals surface area (Å²) < 4.78 is 26.1. The molecule has 0 aliphatic rings. The Hall–Kier alpha value is -3.15. The molecule has 2 aromatic carbocycles. The van der Waals surface area contributed by atoms with Crippen molar-refractivity contribution < 1.29 is 28.5 Å². The van der Waals surface area contributed by atoms with E-state index in [-0.39, 0.29) is 0 Å². The molecule has 6 heteroatoms. The first-order valence-corrected chi connectivity index (χ1v) is 7.43. The highest BCUT2D eigenvalue weighted by atomic mass is 16.5. The fourth-order valence-electron chi connectivity index (χ4n) is 2.33. The average Bonchev–Trinajstić information content (AvgIpc) is 2.65. The first-order chi connectivity index (χ1) is 12.2. The van der Waals surface area contributed by atoms with E-state index in [1.165, 1.54) is 7.11 Å². The maximum absolute atomic E-state index is 10.6. The van der Waals surface area contributed by atoms with E-state index in [1.54, 1.807) is 33.5 Å². The van der Waals surface area contributed by atoms with Crippen LogP contribution >= 0.6 is 0 Å². The predicted octanol–water partition coefficient (Wildman–Crippen LogP) is 3.43. The van der Waals surface area contributed by atoms with Crippen molar-refractivity contribution in [3.05, 3.63) is 41.5 Å². The van der Waals surface area contributed by atoms with Gasteiger partial charge in [-0.1, -0.05) is 18.2 Å². The Bertz CT molecular complexity index is 741. The van der Waals surface area contributed by atoms with Crippen LogP contribution in [0.5, 0.6) is 28.7 Å². The van der Waals surface area contributed by atoms with E-state index >= 15 is 0 Å². The molecule has 0 amide bonds. The van der Waals surface area contributed by atoms with Crippen LogP contribution in [0.25, 0.3) is 12.2 Å². The van der Waals surface area contributed by atoms with E-state index in [0.29, 0.717) is 35.2 Å². The van der Waals surface area contributed by atoms with Gasteiger partial charge in [-0.3, -0.25) is 4.79 Å². The highest BCUT2D eigenvalue weighted by molar-refractivity contribution is 5.74. The van der Waals surface area contributed by atoms with Crippen LogP contribution in [-0.2, 0) is 4.79 Å². The van der Waals surface area contributed by atoms with Crippen molar-refractivity contribution in [3.63, 3.8) is 0 Å². The molecule has 0 aliphatic carbocycles. The molecule has 0 saturated carbocycles. The minimum Gasteiger partial charge on any atom is -0.493 e. The van der Waals surface area contributed by atoms with Gasteiger partial charge in [0.15, 0.2) is 23.0 Å². The molecule has 0 radical (unpaired) electrons. The molecule has 2 aromatic rings. The molecule has 132 valence electrons. The monoisotopic (exact) mass is 344 g/mol. The van der Waals surface area contributed by atoms with E-state index in [0.717, 1.165) is 11.1 Å². The lowest BCUT2D eigenvalue weighted by molar-refractivity contribution is -0.120. The van der Waals surface area contributed by atoms with Gasteiger partial charge in [0.2, 0.25) is 5.75 Å². The smallest absolute Gasteiger partial charge is 0.298 e. The molecule has 0 aliphatic heterocycles. The third-order valence-electron chi connectivity index (χ3n) is 3.52. The predicted molar refractivity (Wildman–Crippen MR) is 94.7 cm³/mol. The molecule has 0 heterocycles. The van der Waals surface area contributed by atoms with Crippen LogP contribution in [0.3, 0.4) is 0 Å². The minimum absolute atomic E-state index is 0.351. The molecule has 0 atom stereocenters.